The maximum atomic E-state index is 10.9. The number of carboxylic acid groups (broad SMARTS) is 1. The van der Waals surface area contributed by atoms with Crippen LogP contribution in [0.15, 0.2) is 53.3 Å². The number of fused-ring (bicyclic) bond motifs is 1. The molecule has 0 amide bonds. The third-order valence-electron chi connectivity index (χ3n) is 3.87. The number of aromatic nitrogens is 4. The molecule has 0 atom stereocenters. The van der Waals surface area contributed by atoms with Crippen LogP contribution in [0.3, 0.4) is 0 Å². The number of nitrogens with zero attached hydrogens (tertiary/aromatic N) is 4. The van der Waals surface area contributed by atoms with Gasteiger partial charge >= 0.3 is 5.97 Å². The Labute approximate surface area is 170 Å². The fourth-order valence-corrected chi connectivity index (χ4v) is 2.43. The van der Waals surface area contributed by atoms with E-state index >= 15 is 0 Å². The van der Waals surface area contributed by atoms with E-state index < -0.39 is 5.97 Å². The second-order valence-corrected chi connectivity index (χ2v) is 5.73. The third kappa shape index (κ3) is 4.41. The molecule has 4 aromatic heterocycles. The normalized spacial score (nSPS) is 10.4. The molecular weight excluding hydrogens is 400 g/mol. The van der Waals surface area contributed by atoms with Gasteiger partial charge in [-0.1, -0.05) is 0 Å². The van der Waals surface area contributed by atoms with Gasteiger partial charge in [-0.3, -0.25) is 4.98 Å². The topological polar surface area (TPSA) is 120 Å². The lowest BCUT2D eigenvalue weighted by molar-refractivity contribution is 0.0690. The van der Waals surface area contributed by atoms with Gasteiger partial charge in [-0.25, -0.2) is 19.7 Å². The van der Waals surface area contributed by atoms with Crippen molar-refractivity contribution in [2.24, 2.45) is 0 Å². The predicted molar refractivity (Wildman–Crippen MR) is 104 cm³/mol. The van der Waals surface area contributed by atoms with Crippen molar-refractivity contribution in [1.82, 2.24) is 19.9 Å². The highest BCUT2D eigenvalue weighted by atomic mass is 35.5. The fraction of sp³-hybridized carbons (Fsp3) is 0.105. The number of aromatic carboxylic acids is 1. The molecule has 4 aromatic rings. The van der Waals surface area contributed by atoms with Gasteiger partial charge in [0.1, 0.15) is 29.3 Å². The molecule has 4 rings (SSSR count). The molecule has 0 aliphatic rings. The summed E-state index contributed by atoms with van der Waals surface area (Å²) in [7, 11) is 1.58. The monoisotopic (exact) mass is 414 g/mol. The summed E-state index contributed by atoms with van der Waals surface area (Å²) in [5, 5.41) is 8.91. The molecule has 9 nitrogen and oxygen atoms in total. The lowest BCUT2D eigenvalue weighted by atomic mass is 10.2. The lowest BCUT2D eigenvalue weighted by Crippen LogP contribution is -1.99. The molecule has 29 heavy (non-hydrogen) atoms. The predicted octanol–water partition coefficient (Wildman–Crippen LogP) is 3.39. The van der Waals surface area contributed by atoms with Crippen molar-refractivity contribution in [3.63, 3.8) is 0 Å². The number of carbonyl (C=O) groups is 1. The van der Waals surface area contributed by atoms with Crippen molar-refractivity contribution in [3.05, 3.63) is 60.3 Å². The Kier molecular flexibility index (Phi) is 5.89. The Morgan fingerprint density at radius 3 is 2.55 bits per heavy atom. The minimum atomic E-state index is -1.10. The molecule has 0 unspecified atom stereocenters. The summed E-state index contributed by atoms with van der Waals surface area (Å²) < 4.78 is 16.4. The van der Waals surface area contributed by atoms with Crippen LogP contribution in [-0.4, -0.2) is 38.1 Å². The molecule has 0 aliphatic heterocycles. The summed E-state index contributed by atoms with van der Waals surface area (Å²) in [5.74, 6) is 0.386. The molecule has 0 bridgehead atoms. The maximum Gasteiger partial charge on any atom is 0.354 e. The third-order valence-corrected chi connectivity index (χ3v) is 3.87. The van der Waals surface area contributed by atoms with Crippen LogP contribution >= 0.6 is 12.4 Å². The Hall–Kier alpha value is -3.72. The summed E-state index contributed by atoms with van der Waals surface area (Å²) in [4.78, 5) is 27.6. The smallest absolute Gasteiger partial charge is 0.354 e. The summed E-state index contributed by atoms with van der Waals surface area (Å²) in [6.07, 6.45) is 4.54. The molecule has 4 heterocycles. The number of halogens is 1. The van der Waals surface area contributed by atoms with Gasteiger partial charge in [0.05, 0.1) is 30.8 Å². The van der Waals surface area contributed by atoms with Crippen LogP contribution in [-0.2, 0) is 6.61 Å². The Bertz CT molecular complexity index is 1130. The average molecular weight is 415 g/mol. The first-order valence-corrected chi connectivity index (χ1v) is 8.20. The molecule has 0 spiro atoms. The Balaban J connectivity index is 0.00000240. The largest absolute Gasteiger partial charge is 0.495 e. The number of hydrogen-bond donors (Lipinski definition) is 1. The number of methoxy groups -OCH3 is 1. The van der Waals surface area contributed by atoms with Crippen LogP contribution in [0.4, 0.5) is 0 Å². The summed E-state index contributed by atoms with van der Waals surface area (Å²) in [6, 6.07) is 8.29. The SMILES string of the molecule is COc1ccc(COc2cnc3oc(-c4ccc(C(=O)O)nc4)nc3c2)nc1.Cl. The number of ether oxygens (including phenoxy) is 2. The minimum Gasteiger partial charge on any atom is -0.495 e. The highest BCUT2D eigenvalue weighted by Gasteiger charge is 2.12. The maximum absolute atomic E-state index is 10.9. The number of pyridine rings is 3. The first-order valence-electron chi connectivity index (χ1n) is 8.20. The zero-order valence-electron chi connectivity index (χ0n) is 15.1. The second-order valence-electron chi connectivity index (χ2n) is 5.73. The van der Waals surface area contributed by atoms with Crippen molar-refractivity contribution < 1.29 is 23.8 Å². The van der Waals surface area contributed by atoms with Gasteiger partial charge in [-0.05, 0) is 24.3 Å². The standard InChI is InChI=1S/C19H14N4O5.ClH/c1-26-13-4-3-12(20-8-13)10-27-14-6-16-18(22-9-14)28-17(23-16)11-2-5-15(19(24)25)21-7-11;/h2-9H,10H2,1H3,(H,24,25);1H. The number of rotatable bonds is 6. The van der Waals surface area contributed by atoms with Crippen LogP contribution in [0, 0.1) is 0 Å². The van der Waals surface area contributed by atoms with E-state index in [1.165, 1.54) is 18.5 Å². The van der Waals surface area contributed by atoms with E-state index in [1.807, 2.05) is 6.07 Å². The molecule has 0 saturated carbocycles. The highest BCUT2D eigenvalue weighted by Crippen LogP contribution is 2.25. The zero-order chi connectivity index (χ0) is 19.5. The molecule has 0 aromatic carbocycles. The van der Waals surface area contributed by atoms with E-state index in [9.17, 15) is 4.79 Å². The van der Waals surface area contributed by atoms with Crippen LogP contribution in [0.2, 0.25) is 0 Å². The van der Waals surface area contributed by atoms with Gasteiger partial charge in [0, 0.05) is 12.3 Å². The van der Waals surface area contributed by atoms with E-state index in [0.29, 0.717) is 34.2 Å². The van der Waals surface area contributed by atoms with Crippen molar-refractivity contribution in [1.29, 1.82) is 0 Å². The van der Waals surface area contributed by atoms with Gasteiger partial charge < -0.3 is 19.0 Å². The van der Waals surface area contributed by atoms with Crippen molar-refractivity contribution >= 4 is 29.6 Å². The molecule has 1 N–H and O–H groups in total. The van der Waals surface area contributed by atoms with Crippen LogP contribution in [0.1, 0.15) is 16.2 Å². The zero-order valence-corrected chi connectivity index (χ0v) is 15.9. The van der Waals surface area contributed by atoms with E-state index in [-0.39, 0.29) is 24.7 Å². The minimum absolute atomic E-state index is 0. The molecule has 10 heteroatoms. The van der Waals surface area contributed by atoms with Crippen molar-refractivity contribution in [2.45, 2.75) is 6.61 Å². The number of carboxylic acids is 1. The second kappa shape index (κ2) is 8.53. The quantitative estimate of drug-likeness (QED) is 0.506. The van der Waals surface area contributed by atoms with Crippen molar-refractivity contribution in [3.8, 4) is 23.0 Å². The Morgan fingerprint density at radius 2 is 1.90 bits per heavy atom. The van der Waals surface area contributed by atoms with Gasteiger partial charge in [0.25, 0.3) is 0 Å². The van der Waals surface area contributed by atoms with E-state index in [2.05, 4.69) is 19.9 Å². The molecule has 148 valence electrons. The van der Waals surface area contributed by atoms with Crippen molar-refractivity contribution in [2.75, 3.05) is 7.11 Å². The molecule has 0 aliphatic carbocycles. The fourth-order valence-electron chi connectivity index (χ4n) is 2.43. The van der Waals surface area contributed by atoms with Gasteiger partial charge in [0.2, 0.25) is 11.6 Å². The highest BCUT2D eigenvalue weighted by molar-refractivity contribution is 5.86. The Morgan fingerprint density at radius 1 is 1.07 bits per heavy atom. The number of hydrogen-bond acceptors (Lipinski definition) is 8. The van der Waals surface area contributed by atoms with Gasteiger partial charge in [-0.15, -0.1) is 12.4 Å². The lowest BCUT2D eigenvalue weighted by Gasteiger charge is -2.05. The summed E-state index contributed by atoms with van der Waals surface area (Å²) in [6.45, 7) is 0.266. The number of oxazole rings is 1. The van der Waals surface area contributed by atoms with E-state index in [4.69, 9.17) is 19.0 Å². The first-order chi connectivity index (χ1) is 13.6. The van der Waals surface area contributed by atoms with E-state index in [0.717, 1.165) is 5.69 Å². The van der Waals surface area contributed by atoms with Crippen LogP contribution in [0.25, 0.3) is 22.7 Å². The molecule has 0 radical (unpaired) electrons. The molecule has 0 saturated heterocycles. The summed E-state index contributed by atoms with van der Waals surface area (Å²) in [5.41, 5.74) is 2.09. The van der Waals surface area contributed by atoms with Gasteiger partial charge in [-0.2, -0.15) is 0 Å². The van der Waals surface area contributed by atoms with Crippen LogP contribution < -0.4 is 9.47 Å². The summed E-state index contributed by atoms with van der Waals surface area (Å²) >= 11 is 0. The first kappa shape index (κ1) is 20.0. The van der Waals surface area contributed by atoms with Crippen LogP contribution in [0.5, 0.6) is 11.5 Å². The molecule has 0 fully saturated rings. The molecular formula is C19H15ClN4O5. The average Bonchev–Trinajstić information content (AvgIpc) is 3.16. The van der Waals surface area contributed by atoms with Gasteiger partial charge in [0.15, 0.2) is 0 Å². The van der Waals surface area contributed by atoms with E-state index in [1.54, 1.807) is 31.5 Å².